The van der Waals surface area contributed by atoms with Crippen molar-refractivity contribution in [3.05, 3.63) is 140 Å². The lowest BCUT2D eigenvalue weighted by Gasteiger charge is -2.24. The highest BCUT2D eigenvalue weighted by atomic mass is 16.7. The molecule has 4 atom stereocenters. The number of aryl methyl sites for hydroxylation is 2. The predicted octanol–water partition coefficient (Wildman–Crippen LogP) is 3.67. The Morgan fingerprint density at radius 1 is 0.745 bits per heavy atom. The number of hydrogen-bond donors (Lipinski definition) is 1. The minimum absolute atomic E-state index is 0.122. The Hall–Kier alpha value is -5.33. The van der Waals surface area contributed by atoms with E-state index in [1.807, 2.05) is 0 Å². The highest BCUT2D eigenvalue weighted by Gasteiger charge is 2.51. The van der Waals surface area contributed by atoms with Gasteiger partial charge in [-0.15, -0.1) is 0 Å². The van der Waals surface area contributed by atoms with E-state index in [-0.39, 0.29) is 24.3 Å². The Kier molecular flexibility index (Phi) is 11.1. The van der Waals surface area contributed by atoms with Crippen LogP contribution >= 0.6 is 0 Å². The van der Waals surface area contributed by atoms with Crippen molar-refractivity contribution in [1.29, 1.82) is 0 Å². The molecule has 0 amide bonds. The van der Waals surface area contributed by atoms with Crippen LogP contribution in [0, 0.1) is 6.92 Å². The van der Waals surface area contributed by atoms with Crippen molar-refractivity contribution in [2.24, 2.45) is 0 Å². The summed E-state index contributed by atoms with van der Waals surface area (Å²) in [5.41, 5.74) is 0.316. The number of carbonyl (C=O) groups excluding carboxylic acids is 3. The number of benzene rings is 3. The van der Waals surface area contributed by atoms with Crippen LogP contribution < -0.4 is 11.2 Å². The molecule has 1 saturated heterocycles. The number of unbranched alkanes of at least 4 members (excludes halogenated alkanes) is 1. The first kappa shape index (κ1) is 33.0. The summed E-state index contributed by atoms with van der Waals surface area (Å²) in [6.07, 6.45) is -2.18. The van der Waals surface area contributed by atoms with Gasteiger partial charge in [-0.25, -0.2) is 19.2 Å². The smallest absolute Gasteiger partial charge is 0.338 e. The van der Waals surface area contributed by atoms with Gasteiger partial charge in [0.2, 0.25) is 0 Å². The van der Waals surface area contributed by atoms with Gasteiger partial charge in [0.05, 0.1) is 16.7 Å². The monoisotopic (exact) mass is 642 g/mol. The van der Waals surface area contributed by atoms with Crippen molar-refractivity contribution >= 4 is 17.9 Å². The van der Waals surface area contributed by atoms with Gasteiger partial charge in [0.25, 0.3) is 5.56 Å². The van der Waals surface area contributed by atoms with Gasteiger partial charge in [-0.05, 0) is 56.2 Å². The van der Waals surface area contributed by atoms with Crippen LogP contribution in [0.4, 0.5) is 0 Å². The molecule has 4 aromatic rings. The summed E-state index contributed by atoms with van der Waals surface area (Å²) in [6.45, 7) is 1.74. The molecule has 12 nitrogen and oxygen atoms in total. The van der Waals surface area contributed by atoms with Crippen molar-refractivity contribution in [3.63, 3.8) is 0 Å². The molecule has 5 rings (SSSR count). The Bertz CT molecular complexity index is 1770. The molecular weight excluding hydrogens is 608 g/mol. The first-order valence-corrected chi connectivity index (χ1v) is 15.1. The molecule has 0 bridgehead atoms. The Morgan fingerprint density at radius 2 is 1.28 bits per heavy atom. The number of nitrogens with one attached hydrogen (secondary N) is 1. The normalized spacial score (nSPS) is 18.7. The molecule has 0 saturated carbocycles. The Labute approximate surface area is 269 Å². The van der Waals surface area contributed by atoms with Crippen LogP contribution in [0.2, 0.25) is 0 Å². The molecule has 3 aromatic carbocycles. The van der Waals surface area contributed by atoms with E-state index in [0.29, 0.717) is 30.5 Å². The predicted molar refractivity (Wildman–Crippen MR) is 168 cm³/mol. The van der Waals surface area contributed by atoms with Gasteiger partial charge in [0.1, 0.15) is 12.7 Å². The van der Waals surface area contributed by atoms with Gasteiger partial charge < -0.3 is 28.3 Å². The lowest BCUT2D eigenvalue weighted by atomic mass is 10.1. The number of aromatic amines is 1. The first-order chi connectivity index (χ1) is 22.8. The van der Waals surface area contributed by atoms with E-state index < -0.39 is 53.8 Å². The number of rotatable bonds is 13. The molecule has 1 aliphatic heterocycles. The van der Waals surface area contributed by atoms with E-state index in [4.69, 9.17) is 23.7 Å². The molecule has 12 heteroatoms. The van der Waals surface area contributed by atoms with Gasteiger partial charge in [-0.2, -0.15) is 0 Å². The van der Waals surface area contributed by atoms with E-state index in [2.05, 4.69) is 4.98 Å². The number of ether oxygens (including phenoxy) is 5. The third-order valence-corrected chi connectivity index (χ3v) is 7.43. The summed E-state index contributed by atoms with van der Waals surface area (Å²) in [4.78, 5) is 65.2. The fourth-order valence-electron chi connectivity index (χ4n) is 4.94. The van der Waals surface area contributed by atoms with Crippen LogP contribution in [0.1, 0.15) is 49.5 Å². The van der Waals surface area contributed by atoms with Crippen molar-refractivity contribution < 1.29 is 38.1 Å². The fraction of sp³-hybridized carbons (Fsp3) is 0.286. The SMILES string of the molecule is Cc1cn(CCCCO[C@@H]2O[C@H](COC(=O)c3ccccc3)[C@H](OC(=O)c3ccccc3)[C@H]2OC(=O)c2ccccc2)c(=O)[nH]c1=O. The quantitative estimate of drug-likeness (QED) is 0.130. The van der Waals surface area contributed by atoms with E-state index in [9.17, 15) is 24.0 Å². The summed E-state index contributed by atoms with van der Waals surface area (Å²) in [5.74, 6) is -2.00. The van der Waals surface area contributed by atoms with Crippen molar-refractivity contribution in [1.82, 2.24) is 9.55 Å². The highest BCUT2D eigenvalue weighted by Crippen LogP contribution is 2.30. The lowest BCUT2D eigenvalue weighted by molar-refractivity contribution is -0.171. The van der Waals surface area contributed by atoms with Crippen LogP contribution in [-0.4, -0.2) is 65.3 Å². The summed E-state index contributed by atoms with van der Waals surface area (Å²) in [7, 11) is 0. The fourth-order valence-corrected chi connectivity index (χ4v) is 4.94. The molecule has 0 spiro atoms. The van der Waals surface area contributed by atoms with Gasteiger partial charge in [0.15, 0.2) is 18.5 Å². The third kappa shape index (κ3) is 8.69. The summed E-state index contributed by atoms with van der Waals surface area (Å²) < 4.78 is 30.8. The second-order valence-electron chi connectivity index (χ2n) is 10.8. The van der Waals surface area contributed by atoms with Crippen LogP contribution in [0.5, 0.6) is 0 Å². The van der Waals surface area contributed by atoms with E-state index in [0.717, 1.165) is 0 Å². The Morgan fingerprint density at radius 3 is 1.85 bits per heavy atom. The second-order valence-corrected chi connectivity index (χ2v) is 10.8. The van der Waals surface area contributed by atoms with Crippen LogP contribution in [-0.2, 0) is 30.2 Å². The molecule has 0 aliphatic carbocycles. The summed E-state index contributed by atoms with van der Waals surface area (Å²) >= 11 is 0. The number of esters is 3. The second kappa shape index (κ2) is 15.8. The zero-order valence-electron chi connectivity index (χ0n) is 25.6. The standard InChI is InChI=1S/C35H34N2O10/c1-23-21-37(35(42)36-30(23)38)19-11-12-20-43-34-29(47-33(41)26-17-9-4-10-18-26)28(46-32(40)25-15-7-3-8-16-25)27(45-34)22-44-31(39)24-13-5-2-6-14-24/h2-10,13-18,21,27-29,34H,11-12,19-20,22H2,1H3,(H,36,38,42)/t27-,28+,29-,34-/m1/s1. The van der Waals surface area contributed by atoms with Gasteiger partial charge >= 0.3 is 23.6 Å². The highest BCUT2D eigenvalue weighted by molar-refractivity contribution is 5.91. The number of H-pyrrole nitrogens is 1. The summed E-state index contributed by atoms with van der Waals surface area (Å²) in [5, 5.41) is 0. The number of nitrogens with zero attached hydrogens (tertiary/aromatic N) is 1. The van der Waals surface area contributed by atoms with Crippen LogP contribution in [0.3, 0.4) is 0 Å². The van der Waals surface area contributed by atoms with E-state index in [1.54, 1.807) is 97.9 Å². The van der Waals surface area contributed by atoms with Crippen molar-refractivity contribution in [2.75, 3.05) is 13.2 Å². The van der Waals surface area contributed by atoms with Gasteiger partial charge in [-0.3, -0.25) is 9.78 Å². The maximum Gasteiger partial charge on any atom is 0.338 e. The lowest BCUT2D eigenvalue weighted by Crippen LogP contribution is -2.42. The molecular formula is C35H34N2O10. The van der Waals surface area contributed by atoms with Crippen molar-refractivity contribution in [2.45, 2.75) is 50.9 Å². The van der Waals surface area contributed by atoms with Crippen LogP contribution in [0.15, 0.2) is 107 Å². The van der Waals surface area contributed by atoms with Crippen LogP contribution in [0.25, 0.3) is 0 Å². The minimum Gasteiger partial charge on any atom is -0.459 e. The maximum atomic E-state index is 13.2. The third-order valence-electron chi connectivity index (χ3n) is 7.43. The van der Waals surface area contributed by atoms with Gasteiger partial charge in [-0.1, -0.05) is 54.6 Å². The molecule has 1 fully saturated rings. The van der Waals surface area contributed by atoms with Gasteiger partial charge in [0, 0.05) is 24.9 Å². The average molecular weight is 643 g/mol. The molecule has 244 valence electrons. The molecule has 47 heavy (non-hydrogen) atoms. The first-order valence-electron chi connectivity index (χ1n) is 15.1. The van der Waals surface area contributed by atoms with E-state index in [1.165, 1.54) is 10.8 Å². The number of aromatic nitrogens is 2. The maximum absolute atomic E-state index is 13.2. The average Bonchev–Trinajstić information content (AvgIpc) is 3.41. The number of carbonyl (C=O) groups is 3. The largest absolute Gasteiger partial charge is 0.459 e. The van der Waals surface area contributed by atoms with E-state index >= 15 is 0 Å². The molecule has 0 unspecified atom stereocenters. The minimum atomic E-state index is -1.22. The molecule has 1 aromatic heterocycles. The molecule has 2 heterocycles. The topological polar surface area (TPSA) is 152 Å². The number of hydrogen-bond acceptors (Lipinski definition) is 10. The summed E-state index contributed by atoms with van der Waals surface area (Å²) in [6, 6.07) is 24.9. The van der Waals surface area contributed by atoms with Crippen molar-refractivity contribution in [3.8, 4) is 0 Å². The molecule has 1 aliphatic rings. The molecule has 1 N–H and O–H groups in total. The zero-order chi connectivity index (χ0) is 33.2. The zero-order valence-corrected chi connectivity index (χ0v) is 25.6. The Balaban J connectivity index is 1.33. The molecule has 0 radical (unpaired) electrons.